The van der Waals surface area contributed by atoms with Crippen molar-refractivity contribution in [3.8, 4) is 5.75 Å². The number of nitrogens with zero attached hydrogens (tertiary/aromatic N) is 1. The molecule has 1 atom stereocenters. The molecule has 0 saturated heterocycles. The van der Waals surface area contributed by atoms with Crippen LogP contribution < -0.4 is 10.5 Å². The predicted molar refractivity (Wildman–Crippen MR) is 75.5 cm³/mol. The zero-order valence-corrected chi connectivity index (χ0v) is 12.0. The van der Waals surface area contributed by atoms with Crippen molar-refractivity contribution >= 4 is 15.9 Å². The van der Waals surface area contributed by atoms with Crippen molar-refractivity contribution in [3.05, 3.63) is 58.1 Å². The number of benzene rings is 1. The Labute approximate surface area is 119 Å². The van der Waals surface area contributed by atoms with E-state index < -0.39 is 0 Å². The van der Waals surface area contributed by atoms with Crippen LogP contribution in [-0.2, 0) is 6.42 Å². The van der Waals surface area contributed by atoms with Crippen LogP contribution in [0.5, 0.6) is 5.75 Å². The van der Waals surface area contributed by atoms with Crippen LogP contribution in [0.2, 0.25) is 0 Å². The molecule has 0 bridgehead atoms. The number of ether oxygens (including phenoxy) is 1. The Bertz CT molecular complexity index is 577. The average Bonchev–Trinajstić information content (AvgIpc) is 2.39. The minimum absolute atomic E-state index is 0.233. The van der Waals surface area contributed by atoms with Crippen LogP contribution >= 0.6 is 15.9 Å². The fraction of sp³-hybridized carbons (Fsp3) is 0.214. The summed E-state index contributed by atoms with van der Waals surface area (Å²) in [4.78, 5) is 4.24. The van der Waals surface area contributed by atoms with Crippen molar-refractivity contribution < 1.29 is 9.13 Å². The van der Waals surface area contributed by atoms with Crippen LogP contribution in [0.15, 0.2) is 41.0 Å². The Morgan fingerprint density at radius 3 is 2.84 bits per heavy atom. The second-order valence-corrected chi connectivity index (χ2v) is 5.00. The molecule has 2 aromatic rings. The molecule has 0 radical (unpaired) electrons. The van der Waals surface area contributed by atoms with Crippen molar-refractivity contribution in [3.63, 3.8) is 0 Å². The molecule has 1 heterocycles. The SMILES string of the molecule is COc1ccc(CC(N)c2ncccc2Br)cc1F. The van der Waals surface area contributed by atoms with Crippen LogP contribution in [0.1, 0.15) is 17.3 Å². The Morgan fingerprint density at radius 2 is 2.21 bits per heavy atom. The quantitative estimate of drug-likeness (QED) is 0.939. The van der Waals surface area contributed by atoms with Crippen LogP contribution in [0, 0.1) is 5.82 Å². The highest BCUT2D eigenvalue weighted by atomic mass is 79.9. The second-order valence-electron chi connectivity index (χ2n) is 4.15. The second kappa shape index (κ2) is 6.12. The zero-order valence-electron chi connectivity index (χ0n) is 10.4. The fourth-order valence-electron chi connectivity index (χ4n) is 1.86. The summed E-state index contributed by atoms with van der Waals surface area (Å²) in [5.41, 5.74) is 7.67. The van der Waals surface area contributed by atoms with E-state index in [4.69, 9.17) is 10.5 Å². The van der Waals surface area contributed by atoms with Crippen molar-refractivity contribution in [2.45, 2.75) is 12.5 Å². The van der Waals surface area contributed by atoms with Gasteiger partial charge < -0.3 is 10.5 Å². The average molecular weight is 325 g/mol. The summed E-state index contributed by atoms with van der Waals surface area (Å²) in [5, 5.41) is 0. The molecule has 0 aliphatic carbocycles. The molecule has 0 aliphatic heterocycles. The van der Waals surface area contributed by atoms with Gasteiger partial charge in [0, 0.05) is 10.7 Å². The van der Waals surface area contributed by atoms with Crippen LogP contribution in [0.4, 0.5) is 4.39 Å². The molecular weight excluding hydrogens is 311 g/mol. The molecule has 1 aromatic heterocycles. The maximum absolute atomic E-state index is 13.6. The van der Waals surface area contributed by atoms with Crippen molar-refractivity contribution in [1.29, 1.82) is 0 Å². The third-order valence-electron chi connectivity index (χ3n) is 2.81. The zero-order chi connectivity index (χ0) is 13.8. The van der Waals surface area contributed by atoms with Crippen LogP contribution in [0.25, 0.3) is 0 Å². The van der Waals surface area contributed by atoms with E-state index in [-0.39, 0.29) is 17.6 Å². The molecule has 19 heavy (non-hydrogen) atoms. The summed E-state index contributed by atoms with van der Waals surface area (Å²) in [6.07, 6.45) is 2.20. The predicted octanol–water partition coefficient (Wildman–Crippen LogP) is 3.23. The van der Waals surface area contributed by atoms with Gasteiger partial charge in [0.15, 0.2) is 11.6 Å². The molecule has 3 nitrogen and oxygen atoms in total. The van der Waals surface area contributed by atoms with Gasteiger partial charge in [0.25, 0.3) is 0 Å². The molecule has 5 heteroatoms. The maximum Gasteiger partial charge on any atom is 0.165 e. The number of pyridine rings is 1. The molecule has 0 aliphatic rings. The van der Waals surface area contributed by atoms with Gasteiger partial charge in [0.2, 0.25) is 0 Å². The number of hydrogen-bond acceptors (Lipinski definition) is 3. The lowest BCUT2D eigenvalue weighted by molar-refractivity contribution is 0.386. The van der Waals surface area contributed by atoms with Crippen LogP contribution in [-0.4, -0.2) is 12.1 Å². The molecule has 1 aromatic carbocycles. The van der Waals surface area contributed by atoms with Crippen molar-refractivity contribution in [2.75, 3.05) is 7.11 Å². The number of rotatable bonds is 4. The number of hydrogen-bond donors (Lipinski definition) is 1. The Hall–Kier alpha value is -1.46. The van der Waals surface area contributed by atoms with E-state index in [0.29, 0.717) is 6.42 Å². The van der Waals surface area contributed by atoms with Gasteiger partial charge in [-0.05, 0) is 52.2 Å². The summed E-state index contributed by atoms with van der Waals surface area (Å²) in [5.74, 6) is -0.149. The number of halogens is 2. The molecule has 0 spiro atoms. The van der Waals surface area contributed by atoms with Gasteiger partial charge in [-0.15, -0.1) is 0 Å². The van der Waals surface area contributed by atoms with Gasteiger partial charge in [-0.2, -0.15) is 0 Å². The number of aromatic nitrogens is 1. The summed E-state index contributed by atoms with van der Waals surface area (Å²) in [6.45, 7) is 0. The van der Waals surface area contributed by atoms with Gasteiger partial charge >= 0.3 is 0 Å². The summed E-state index contributed by atoms with van der Waals surface area (Å²) in [6, 6.07) is 8.27. The molecule has 0 fully saturated rings. The number of methoxy groups -OCH3 is 1. The Morgan fingerprint density at radius 1 is 1.42 bits per heavy atom. The molecule has 100 valence electrons. The molecule has 2 rings (SSSR count). The van der Waals surface area contributed by atoms with E-state index in [1.807, 2.05) is 12.1 Å². The smallest absolute Gasteiger partial charge is 0.165 e. The van der Waals surface area contributed by atoms with E-state index in [1.54, 1.807) is 18.3 Å². The largest absolute Gasteiger partial charge is 0.494 e. The van der Waals surface area contributed by atoms with Crippen molar-refractivity contribution in [2.24, 2.45) is 5.73 Å². The Balaban J connectivity index is 2.17. The van der Waals surface area contributed by atoms with Gasteiger partial charge in [-0.1, -0.05) is 6.07 Å². The first-order valence-electron chi connectivity index (χ1n) is 5.80. The fourth-order valence-corrected chi connectivity index (χ4v) is 2.41. The van der Waals surface area contributed by atoms with E-state index >= 15 is 0 Å². The lowest BCUT2D eigenvalue weighted by Gasteiger charge is -2.13. The minimum atomic E-state index is -0.382. The first kappa shape index (κ1) is 14.0. The van der Waals surface area contributed by atoms with Crippen LogP contribution in [0.3, 0.4) is 0 Å². The summed E-state index contributed by atoms with van der Waals surface area (Å²) >= 11 is 3.41. The van der Waals surface area contributed by atoms with Crippen molar-refractivity contribution in [1.82, 2.24) is 4.98 Å². The molecule has 0 saturated carbocycles. The lowest BCUT2D eigenvalue weighted by Crippen LogP contribution is -2.15. The van der Waals surface area contributed by atoms with Gasteiger partial charge in [0.1, 0.15) is 0 Å². The van der Waals surface area contributed by atoms with E-state index in [1.165, 1.54) is 13.2 Å². The molecule has 0 amide bonds. The highest BCUT2D eigenvalue weighted by Crippen LogP contribution is 2.24. The highest BCUT2D eigenvalue weighted by molar-refractivity contribution is 9.10. The van der Waals surface area contributed by atoms with E-state index in [0.717, 1.165) is 15.7 Å². The van der Waals surface area contributed by atoms with E-state index in [9.17, 15) is 4.39 Å². The van der Waals surface area contributed by atoms with Gasteiger partial charge in [0.05, 0.1) is 18.8 Å². The first-order valence-corrected chi connectivity index (χ1v) is 6.59. The minimum Gasteiger partial charge on any atom is -0.494 e. The third-order valence-corrected chi connectivity index (χ3v) is 3.48. The first-order chi connectivity index (χ1) is 9.11. The maximum atomic E-state index is 13.6. The summed E-state index contributed by atoms with van der Waals surface area (Å²) in [7, 11) is 1.44. The molecular formula is C14H14BrFN2O. The number of nitrogens with two attached hydrogens (primary N) is 1. The van der Waals surface area contributed by atoms with Gasteiger partial charge in [-0.25, -0.2) is 4.39 Å². The monoisotopic (exact) mass is 324 g/mol. The highest BCUT2D eigenvalue weighted by Gasteiger charge is 2.13. The standard InChI is InChI=1S/C14H14BrFN2O/c1-19-13-5-4-9(7-11(13)16)8-12(17)14-10(15)3-2-6-18-14/h2-7,12H,8,17H2,1H3. The lowest BCUT2D eigenvalue weighted by atomic mass is 10.0. The summed E-state index contributed by atoms with van der Waals surface area (Å²) < 4.78 is 19.3. The molecule has 2 N–H and O–H groups in total. The van der Waals surface area contributed by atoms with Gasteiger partial charge in [-0.3, -0.25) is 4.98 Å². The normalized spacial score (nSPS) is 12.2. The van der Waals surface area contributed by atoms with E-state index in [2.05, 4.69) is 20.9 Å². The third kappa shape index (κ3) is 3.30. The topological polar surface area (TPSA) is 48.1 Å². The molecule has 1 unspecified atom stereocenters. The Kier molecular flexibility index (Phi) is 4.50.